The quantitative estimate of drug-likeness (QED) is 0.207. The second-order valence-electron chi connectivity index (χ2n) is 10.1. The van der Waals surface area contributed by atoms with Crippen LogP contribution in [0.1, 0.15) is 0 Å². The van der Waals surface area contributed by atoms with Gasteiger partial charge in [-0.05, 0) is 78.8 Å². The standard InChI is InChI=1S/C38H24S2/c1-3-13-27-25(9-1)11-7-17-31(27)35-21-23-37(39-35)33-19-20-34(30-16-6-5-15-29(30)33)38-24-22-36(40-38)32-18-8-12-26-10-2-4-14-28(26)32/h1-24H. The lowest BCUT2D eigenvalue weighted by atomic mass is 9.97. The van der Waals surface area contributed by atoms with Crippen LogP contribution in [-0.2, 0) is 0 Å². The van der Waals surface area contributed by atoms with E-state index in [0.717, 1.165) is 0 Å². The highest BCUT2D eigenvalue weighted by atomic mass is 32.1. The minimum atomic E-state index is 1.28. The Hall–Kier alpha value is -4.50. The molecule has 0 fully saturated rings. The van der Waals surface area contributed by atoms with E-state index in [2.05, 4.69) is 146 Å². The van der Waals surface area contributed by atoms with E-state index in [1.54, 1.807) is 0 Å². The second-order valence-corrected chi connectivity index (χ2v) is 12.3. The zero-order valence-corrected chi connectivity index (χ0v) is 23.3. The highest BCUT2D eigenvalue weighted by molar-refractivity contribution is 7.19. The first-order valence-electron chi connectivity index (χ1n) is 13.5. The van der Waals surface area contributed by atoms with E-state index in [9.17, 15) is 0 Å². The minimum absolute atomic E-state index is 1.28. The van der Waals surface area contributed by atoms with Gasteiger partial charge >= 0.3 is 0 Å². The van der Waals surface area contributed by atoms with Crippen LogP contribution >= 0.6 is 22.7 Å². The zero-order valence-electron chi connectivity index (χ0n) is 21.7. The van der Waals surface area contributed by atoms with Gasteiger partial charge in [0.2, 0.25) is 0 Å². The van der Waals surface area contributed by atoms with E-state index in [1.165, 1.54) is 74.1 Å². The fourth-order valence-electron chi connectivity index (χ4n) is 5.86. The molecule has 0 atom stereocenters. The molecule has 0 spiro atoms. The largest absolute Gasteiger partial charge is 0.135 e. The number of benzene rings is 6. The molecule has 0 N–H and O–H groups in total. The molecule has 0 nitrogen and oxygen atoms in total. The molecule has 8 rings (SSSR count). The first-order chi connectivity index (χ1) is 19.8. The summed E-state index contributed by atoms with van der Waals surface area (Å²) in [7, 11) is 0. The minimum Gasteiger partial charge on any atom is -0.135 e. The van der Waals surface area contributed by atoms with Crippen LogP contribution in [0.25, 0.3) is 74.1 Å². The van der Waals surface area contributed by atoms with Gasteiger partial charge in [-0.15, -0.1) is 22.7 Å². The van der Waals surface area contributed by atoms with Gasteiger partial charge in [0, 0.05) is 19.5 Å². The van der Waals surface area contributed by atoms with E-state index >= 15 is 0 Å². The molecule has 0 saturated heterocycles. The van der Waals surface area contributed by atoms with E-state index in [1.807, 2.05) is 22.7 Å². The van der Waals surface area contributed by atoms with Crippen molar-refractivity contribution in [2.24, 2.45) is 0 Å². The van der Waals surface area contributed by atoms with Crippen molar-refractivity contribution in [2.45, 2.75) is 0 Å². The Balaban J connectivity index is 1.22. The summed E-state index contributed by atoms with van der Waals surface area (Å²) < 4.78 is 0. The highest BCUT2D eigenvalue weighted by Gasteiger charge is 2.15. The number of fused-ring (bicyclic) bond motifs is 3. The summed E-state index contributed by atoms with van der Waals surface area (Å²) in [4.78, 5) is 5.21. The molecule has 0 amide bonds. The first kappa shape index (κ1) is 23.4. The van der Waals surface area contributed by atoms with Crippen molar-refractivity contribution in [1.29, 1.82) is 0 Å². The summed E-state index contributed by atoms with van der Waals surface area (Å²) in [5.41, 5.74) is 5.19. The van der Waals surface area contributed by atoms with Crippen LogP contribution in [-0.4, -0.2) is 0 Å². The fraction of sp³-hybridized carbons (Fsp3) is 0. The Bertz CT molecular complexity index is 2010. The number of thiophene rings is 2. The van der Waals surface area contributed by atoms with Crippen LogP contribution in [0.2, 0.25) is 0 Å². The van der Waals surface area contributed by atoms with E-state index in [4.69, 9.17) is 0 Å². The summed E-state index contributed by atoms with van der Waals surface area (Å²) in [5.74, 6) is 0. The molecule has 8 aromatic rings. The Morgan fingerprint density at radius 2 is 0.575 bits per heavy atom. The van der Waals surface area contributed by atoms with Crippen molar-refractivity contribution in [2.75, 3.05) is 0 Å². The molecule has 40 heavy (non-hydrogen) atoms. The van der Waals surface area contributed by atoms with Gasteiger partial charge in [0.05, 0.1) is 0 Å². The molecular formula is C38H24S2. The lowest BCUT2D eigenvalue weighted by Crippen LogP contribution is -1.82. The molecule has 0 bridgehead atoms. The molecule has 6 aromatic carbocycles. The van der Waals surface area contributed by atoms with Gasteiger partial charge in [-0.2, -0.15) is 0 Å². The summed E-state index contributed by atoms with van der Waals surface area (Å²) >= 11 is 3.75. The molecule has 188 valence electrons. The zero-order chi connectivity index (χ0) is 26.5. The van der Waals surface area contributed by atoms with E-state index < -0.39 is 0 Å². The smallest absolute Gasteiger partial charge is 0.0355 e. The average Bonchev–Trinajstić information content (AvgIpc) is 3.71. The topological polar surface area (TPSA) is 0 Å². The predicted octanol–water partition coefficient (Wildman–Crippen LogP) is 11.9. The molecule has 0 unspecified atom stereocenters. The molecule has 2 aromatic heterocycles. The van der Waals surface area contributed by atoms with Gasteiger partial charge in [0.1, 0.15) is 0 Å². The second kappa shape index (κ2) is 9.60. The van der Waals surface area contributed by atoms with Crippen LogP contribution in [0.5, 0.6) is 0 Å². The van der Waals surface area contributed by atoms with Crippen molar-refractivity contribution in [3.63, 3.8) is 0 Å². The maximum atomic E-state index is 2.31. The monoisotopic (exact) mass is 544 g/mol. The average molecular weight is 545 g/mol. The predicted molar refractivity (Wildman–Crippen MR) is 176 cm³/mol. The summed E-state index contributed by atoms with van der Waals surface area (Å²) in [6.07, 6.45) is 0. The number of hydrogen-bond acceptors (Lipinski definition) is 2. The normalized spacial score (nSPS) is 11.5. The lowest BCUT2D eigenvalue weighted by molar-refractivity contribution is 1.72. The third-order valence-electron chi connectivity index (χ3n) is 7.78. The van der Waals surface area contributed by atoms with Gasteiger partial charge in [-0.25, -0.2) is 0 Å². The van der Waals surface area contributed by atoms with Gasteiger partial charge in [-0.3, -0.25) is 0 Å². The van der Waals surface area contributed by atoms with E-state index in [-0.39, 0.29) is 0 Å². The number of hydrogen-bond donors (Lipinski definition) is 0. The van der Waals surface area contributed by atoms with Crippen molar-refractivity contribution in [1.82, 2.24) is 0 Å². The summed E-state index contributed by atoms with van der Waals surface area (Å²) in [6, 6.07) is 53.1. The third kappa shape index (κ3) is 3.88. The molecule has 0 aliphatic heterocycles. The Morgan fingerprint density at radius 1 is 0.250 bits per heavy atom. The molecule has 0 aliphatic rings. The summed E-state index contributed by atoms with van der Waals surface area (Å²) in [5, 5.41) is 7.77. The lowest BCUT2D eigenvalue weighted by Gasteiger charge is -2.10. The molecular weight excluding hydrogens is 521 g/mol. The van der Waals surface area contributed by atoms with Crippen molar-refractivity contribution in [3.8, 4) is 41.8 Å². The Morgan fingerprint density at radius 3 is 1.00 bits per heavy atom. The molecule has 0 saturated carbocycles. The molecule has 0 aliphatic carbocycles. The van der Waals surface area contributed by atoms with Crippen molar-refractivity contribution in [3.05, 3.63) is 146 Å². The van der Waals surface area contributed by atoms with Crippen LogP contribution in [0.4, 0.5) is 0 Å². The Labute approximate surface area is 241 Å². The van der Waals surface area contributed by atoms with Crippen LogP contribution in [0.3, 0.4) is 0 Å². The van der Waals surface area contributed by atoms with Crippen LogP contribution in [0, 0.1) is 0 Å². The first-order valence-corrected chi connectivity index (χ1v) is 15.2. The fourth-order valence-corrected chi connectivity index (χ4v) is 8.03. The van der Waals surface area contributed by atoms with Gasteiger partial charge in [0.15, 0.2) is 0 Å². The van der Waals surface area contributed by atoms with Gasteiger partial charge < -0.3 is 0 Å². The number of rotatable bonds is 4. The summed E-state index contributed by atoms with van der Waals surface area (Å²) in [6.45, 7) is 0. The van der Waals surface area contributed by atoms with Crippen LogP contribution in [0.15, 0.2) is 146 Å². The maximum Gasteiger partial charge on any atom is 0.0355 e. The SMILES string of the molecule is c1ccc2c(-c3ccc(-c4ccc(-c5ccc(-c6cccc7ccccc67)s5)c5ccccc45)s3)cccc2c1. The van der Waals surface area contributed by atoms with Gasteiger partial charge in [-0.1, -0.05) is 121 Å². The van der Waals surface area contributed by atoms with Crippen LogP contribution < -0.4 is 0 Å². The third-order valence-corrected chi connectivity index (χ3v) is 10.1. The maximum absolute atomic E-state index is 2.31. The van der Waals surface area contributed by atoms with Gasteiger partial charge in [0.25, 0.3) is 0 Å². The molecule has 2 heterocycles. The highest BCUT2D eigenvalue weighted by Crippen LogP contribution is 2.44. The Kier molecular flexibility index (Phi) is 5.62. The molecule has 2 heteroatoms. The van der Waals surface area contributed by atoms with Crippen molar-refractivity contribution < 1.29 is 0 Å². The van der Waals surface area contributed by atoms with E-state index in [0.29, 0.717) is 0 Å². The van der Waals surface area contributed by atoms with Crippen molar-refractivity contribution >= 4 is 55.0 Å². The molecule has 0 radical (unpaired) electrons.